The monoisotopic (exact) mass is 503 g/mol. The smallest absolute Gasteiger partial charge is 0.236 e. The van der Waals surface area contributed by atoms with E-state index in [4.69, 9.17) is 4.42 Å². The van der Waals surface area contributed by atoms with Gasteiger partial charge in [-0.05, 0) is 44.2 Å². The molecule has 1 saturated heterocycles. The second-order valence-corrected chi connectivity index (χ2v) is 7.52. The second kappa shape index (κ2) is 11.7. The number of aromatic nitrogens is 1. The summed E-state index contributed by atoms with van der Waals surface area (Å²) in [6.45, 7) is 9.23. The summed E-state index contributed by atoms with van der Waals surface area (Å²) < 4.78 is 5.57. The second-order valence-electron chi connectivity index (χ2n) is 6.58. The minimum Gasteiger partial charge on any atom is -0.443 e. The Kier molecular flexibility index (Phi) is 9.57. The molecule has 3 rings (SSSR count). The average Bonchev–Trinajstić information content (AvgIpc) is 3.33. The van der Waals surface area contributed by atoms with Gasteiger partial charge in [0.15, 0.2) is 5.96 Å². The fourth-order valence-corrected chi connectivity index (χ4v) is 3.84. The first-order chi connectivity index (χ1) is 12.8. The van der Waals surface area contributed by atoms with Crippen LogP contribution in [0.4, 0.5) is 0 Å². The topological polar surface area (TPSA) is 65.7 Å². The third kappa shape index (κ3) is 6.76. The molecule has 27 heavy (non-hydrogen) atoms. The maximum absolute atomic E-state index is 5.57. The molecule has 0 atom stereocenters. The van der Waals surface area contributed by atoms with Gasteiger partial charge in [-0.1, -0.05) is 13.0 Å². The zero-order valence-electron chi connectivity index (χ0n) is 16.1. The van der Waals surface area contributed by atoms with Gasteiger partial charge in [-0.15, -0.1) is 35.3 Å². The Balaban J connectivity index is 0.00000261. The predicted molar refractivity (Wildman–Crippen MR) is 123 cm³/mol. The predicted octanol–water partition coefficient (Wildman–Crippen LogP) is 3.95. The highest BCUT2D eigenvalue weighted by Gasteiger charge is 2.19. The summed E-state index contributed by atoms with van der Waals surface area (Å²) in [5.74, 6) is 1.54. The Morgan fingerprint density at radius 2 is 2.19 bits per heavy atom. The van der Waals surface area contributed by atoms with Gasteiger partial charge < -0.3 is 20.0 Å². The first kappa shape index (κ1) is 22.2. The minimum atomic E-state index is 0. The van der Waals surface area contributed by atoms with Crippen molar-refractivity contribution in [2.45, 2.75) is 45.7 Å². The molecule has 2 N–H and O–H groups in total. The van der Waals surface area contributed by atoms with Crippen molar-refractivity contribution in [3.8, 4) is 10.8 Å². The van der Waals surface area contributed by atoms with Crippen molar-refractivity contribution < 1.29 is 4.42 Å². The molecule has 150 valence electrons. The number of nitrogens with one attached hydrogen (secondary N) is 2. The van der Waals surface area contributed by atoms with E-state index in [0.29, 0.717) is 18.5 Å². The maximum Gasteiger partial charge on any atom is 0.236 e. The van der Waals surface area contributed by atoms with Gasteiger partial charge in [-0.2, -0.15) is 0 Å². The highest BCUT2D eigenvalue weighted by molar-refractivity contribution is 14.0. The van der Waals surface area contributed by atoms with Gasteiger partial charge in [0, 0.05) is 25.7 Å². The number of hydrogen-bond donors (Lipinski definition) is 2. The lowest BCUT2D eigenvalue weighted by molar-refractivity contribution is 0.206. The van der Waals surface area contributed by atoms with Gasteiger partial charge in [-0.3, -0.25) is 0 Å². The summed E-state index contributed by atoms with van der Waals surface area (Å²) in [6, 6.07) is 4.50. The van der Waals surface area contributed by atoms with Crippen LogP contribution in [0.5, 0.6) is 0 Å². The molecular formula is C19H30IN5OS. The number of rotatable bonds is 7. The molecule has 1 fully saturated rings. The molecular weight excluding hydrogens is 473 g/mol. The molecule has 0 bridgehead atoms. The molecule has 2 aromatic rings. The van der Waals surface area contributed by atoms with Gasteiger partial charge in [-0.25, -0.2) is 9.98 Å². The van der Waals surface area contributed by atoms with E-state index in [-0.39, 0.29) is 24.0 Å². The molecule has 0 radical (unpaired) electrons. The van der Waals surface area contributed by atoms with Crippen LogP contribution in [0.2, 0.25) is 0 Å². The number of likely N-dealkylation sites (tertiary alicyclic amines) is 1. The molecule has 6 nitrogen and oxygen atoms in total. The number of piperidine rings is 1. The van der Waals surface area contributed by atoms with Gasteiger partial charge >= 0.3 is 0 Å². The molecule has 1 aliphatic heterocycles. The van der Waals surface area contributed by atoms with Crippen LogP contribution in [-0.4, -0.2) is 48.1 Å². The molecule has 0 saturated carbocycles. The Morgan fingerprint density at radius 3 is 2.85 bits per heavy atom. The fraction of sp³-hybridized carbons (Fsp3) is 0.579. The largest absolute Gasteiger partial charge is 0.443 e. The third-order valence-corrected chi connectivity index (χ3v) is 5.35. The van der Waals surface area contributed by atoms with Crippen LogP contribution in [0.25, 0.3) is 10.8 Å². The number of guanidine groups is 1. The average molecular weight is 503 g/mol. The summed E-state index contributed by atoms with van der Waals surface area (Å²) in [5.41, 5.74) is 0.850. The van der Waals surface area contributed by atoms with Crippen molar-refractivity contribution in [1.29, 1.82) is 0 Å². The molecule has 3 heterocycles. The summed E-state index contributed by atoms with van der Waals surface area (Å²) in [7, 11) is 0. The lowest BCUT2D eigenvalue weighted by Crippen LogP contribution is -2.48. The first-order valence-electron chi connectivity index (χ1n) is 9.54. The van der Waals surface area contributed by atoms with Crippen LogP contribution in [0.3, 0.4) is 0 Å². The number of halogens is 1. The van der Waals surface area contributed by atoms with E-state index >= 15 is 0 Å². The lowest BCUT2D eigenvalue weighted by atomic mass is 10.1. The van der Waals surface area contributed by atoms with Crippen molar-refractivity contribution in [1.82, 2.24) is 20.5 Å². The van der Waals surface area contributed by atoms with Crippen molar-refractivity contribution in [2.75, 3.05) is 26.2 Å². The van der Waals surface area contributed by atoms with Gasteiger partial charge in [0.05, 0.1) is 11.4 Å². The van der Waals surface area contributed by atoms with E-state index in [1.807, 2.05) is 17.5 Å². The Bertz CT molecular complexity index is 680. The van der Waals surface area contributed by atoms with Crippen LogP contribution >= 0.6 is 35.3 Å². The number of nitrogens with zero attached hydrogens (tertiary/aromatic N) is 3. The van der Waals surface area contributed by atoms with Crippen molar-refractivity contribution in [3.63, 3.8) is 0 Å². The standard InChI is InChI=1S/C19H29N5OS.HI/c1-3-9-24-10-7-15(8-11-24)23-19(20-4-2)21-13-16-14-25-18(22-16)17-6-5-12-26-17;/h5-6,12,14-15H,3-4,7-11,13H2,1-2H3,(H2,20,21,23);1H. The molecule has 1 aliphatic rings. The number of aliphatic imine (C=N–C) groups is 1. The molecule has 2 aromatic heterocycles. The summed E-state index contributed by atoms with van der Waals surface area (Å²) in [4.78, 5) is 12.8. The van der Waals surface area contributed by atoms with E-state index in [0.717, 1.165) is 35.9 Å². The molecule has 0 amide bonds. The Labute approximate surface area is 182 Å². The lowest BCUT2D eigenvalue weighted by Gasteiger charge is -2.32. The summed E-state index contributed by atoms with van der Waals surface area (Å²) in [6.07, 6.45) is 5.26. The zero-order valence-corrected chi connectivity index (χ0v) is 19.3. The normalized spacial score (nSPS) is 16.1. The quantitative estimate of drug-likeness (QED) is 0.341. The van der Waals surface area contributed by atoms with Crippen LogP contribution < -0.4 is 10.6 Å². The minimum absolute atomic E-state index is 0. The van der Waals surface area contributed by atoms with Crippen molar-refractivity contribution in [2.24, 2.45) is 4.99 Å². The van der Waals surface area contributed by atoms with Gasteiger partial charge in [0.1, 0.15) is 12.0 Å². The van der Waals surface area contributed by atoms with E-state index in [2.05, 4.69) is 39.4 Å². The first-order valence-corrected chi connectivity index (χ1v) is 10.4. The summed E-state index contributed by atoms with van der Waals surface area (Å²) in [5, 5.41) is 8.94. The van der Waals surface area contributed by atoms with E-state index in [1.165, 1.54) is 26.1 Å². The number of thiophene rings is 1. The van der Waals surface area contributed by atoms with E-state index in [1.54, 1.807) is 17.6 Å². The van der Waals surface area contributed by atoms with Crippen LogP contribution in [0.1, 0.15) is 38.8 Å². The SMILES string of the molecule is CCCN1CCC(NC(=NCc2coc(-c3cccs3)n2)NCC)CC1.I. The van der Waals surface area contributed by atoms with Crippen molar-refractivity contribution >= 4 is 41.3 Å². The number of hydrogen-bond acceptors (Lipinski definition) is 5. The van der Waals surface area contributed by atoms with Gasteiger partial charge in [0.2, 0.25) is 5.89 Å². The maximum atomic E-state index is 5.57. The number of oxazole rings is 1. The molecule has 8 heteroatoms. The van der Waals surface area contributed by atoms with Crippen molar-refractivity contribution in [3.05, 3.63) is 29.5 Å². The van der Waals surface area contributed by atoms with Gasteiger partial charge in [0.25, 0.3) is 0 Å². The fourth-order valence-electron chi connectivity index (χ4n) is 3.18. The molecule has 0 aliphatic carbocycles. The molecule has 0 aromatic carbocycles. The molecule has 0 unspecified atom stereocenters. The third-order valence-electron chi connectivity index (χ3n) is 4.50. The zero-order chi connectivity index (χ0) is 18.2. The highest BCUT2D eigenvalue weighted by atomic mass is 127. The summed E-state index contributed by atoms with van der Waals surface area (Å²) >= 11 is 1.63. The van der Waals surface area contributed by atoms with E-state index < -0.39 is 0 Å². The molecule has 0 spiro atoms. The highest BCUT2D eigenvalue weighted by Crippen LogP contribution is 2.23. The van der Waals surface area contributed by atoms with Crippen LogP contribution in [0, 0.1) is 0 Å². The Morgan fingerprint density at radius 1 is 1.37 bits per heavy atom. The Hall–Kier alpha value is -1.13. The van der Waals surface area contributed by atoms with Crippen LogP contribution in [0.15, 0.2) is 33.2 Å². The van der Waals surface area contributed by atoms with E-state index in [9.17, 15) is 0 Å². The van der Waals surface area contributed by atoms with Crippen LogP contribution in [-0.2, 0) is 6.54 Å².